The Hall–Kier alpha value is -3.52. The lowest BCUT2D eigenvalue weighted by Gasteiger charge is -2.27. The molecule has 0 amide bonds. The molecule has 0 aromatic heterocycles. The van der Waals surface area contributed by atoms with Crippen molar-refractivity contribution in [3.05, 3.63) is 113 Å². The van der Waals surface area contributed by atoms with Gasteiger partial charge in [-0.25, -0.2) is 0 Å². The number of hydrogen-bond donors (Lipinski definition) is 1. The van der Waals surface area contributed by atoms with Crippen molar-refractivity contribution in [3.8, 4) is 0 Å². The van der Waals surface area contributed by atoms with Gasteiger partial charge >= 0.3 is 0 Å². The van der Waals surface area contributed by atoms with Gasteiger partial charge in [-0.1, -0.05) is 58.0 Å². The van der Waals surface area contributed by atoms with Gasteiger partial charge in [0.2, 0.25) is 0 Å². The number of anilines is 5. The van der Waals surface area contributed by atoms with E-state index in [-0.39, 0.29) is 0 Å². The van der Waals surface area contributed by atoms with Crippen molar-refractivity contribution in [1.29, 1.82) is 0 Å². The van der Waals surface area contributed by atoms with Gasteiger partial charge in [0, 0.05) is 28.4 Å². The average molecular weight is 487 g/mol. The zero-order valence-corrected chi connectivity index (χ0v) is 22.9. The molecule has 2 nitrogen and oxygen atoms in total. The molecule has 37 heavy (non-hydrogen) atoms. The van der Waals surface area contributed by atoms with E-state index in [1.165, 1.54) is 44.9 Å². The predicted octanol–water partition coefficient (Wildman–Crippen LogP) is 9.46. The molecule has 0 bridgehead atoms. The summed E-state index contributed by atoms with van der Waals surface area (Å²) >= 11 is 0. The Morgan fingerprint density at radius 3 is 1.59 bits per heavy atom. The molecule has 4 aromatic rings. The highest BCUT2D eigenvalue weighted by molar-refractivity contribution is 5.79. The molecule has 2 aliphatic rings. The molecule has 0 aliphatic heterocycles. The Labute approximate surface area is 222 Å². The van der Waals surface area contributed by atoms with Crippen molar-refractivity contribution in [1.82, 2.24) is 0 Å². The number of benzene rings is 4. The summed E-state index contributed by atoms with van der Waals surface area (Å²) in [6.45, 7) is 11.7. The van der Waals surface area contributed by atoms with Gasteiger partial charge in [0.1, 0.15) is 0 Å². The third-order valence-electron chi connectivity index (χ3n) is 8.12. The summed E-state index contributed by atoms with van der Waals surface area (Å²) in [6, 6.07) is 31.5. The molecule has 2 heteroatoms. The van der Waals surface area contributed by atoms with Crippen molar-refractivity contribution in [2.24, 2.45) is 10.8 Å². The van der Waals surface area contributed by atoms with E-state index in [9.17, 15) is 0 Å². The first-order valence-electron chi connectivity index (χ1n) is 13.6. The van der Waals surface area contributed by atoms with Gasteiger partial charge in [0.25, 0.3) is 0 Å². The Morgan fingerprint density at radius 1 is 0.568 bits per heavy atom. The van der Waals surface area contributed by atoms with Crippen LogP contribution in [0.4, 0.5) is 28.4 Å². The Balaban J connectivity index is 1.39. The summed E-state index contributed by atoms with van der Waals surface area (Å²) in [5.41, 5.74) is 13.8. The molecule has 0 spiro atoms. The lowest BCUT2D eigenvalue weighted by Crippen LogP contribution is -2.11. The SMILES string of the molecule is Cc1ccccc1Nc1ccc(N(c2ccc3c(c2)CC(C)(C)C3)c2ccc3c(c2)CC(C)(C)C3)cc1. The number of para-hydroxylation sites is 1. The first kappa shape index (κ1) is 23.9. The molecule has 0 radical (unpaired) electrons. The van der Waals surface area contributed by atoms with Crippen molar-refractivity contribution in [3.63, 3.8) is 0 Å². The number of hydrogen-bond acceptors (Lipinski definition) is 2. The molecule has 0 atom stereocenters. The number of nitrogens with zero attached hydrogens (tertiary/aromatic N) is 1. The normalized spacial score (nSPS) is 16.8. The first-order valence-corrected chi connectivity index (χ1v) is 13.6. The summed E-state index contributed by atoms with van der Waals surface area (Å²) < 4.78 is 0. The van der Waals surface area contributed by atoms with Crippen LogP contribution in [0.3, 0.4) is 0 Å². The summed E-state index contributed by atoms with van der Waals surface area (Å²) in [5, 5.41) is 3.59. The second-order valence-corrected chi connectivity index (χ2v) is 12.8. The molecule has 1 N–H and O–H groups in total. The maximum atomic E-state index is 3.59. The number of rotatable bonds is 5. The van der Waals surface area contributed by atoms with Crippen molar-refractivity contribution in [2.45, 2.75) is 60.3 Å². The molecule has 2 aliphatic carbocycles. The van der Waals surface area contributed by atoms with E-state index in [4.69, 9.17) is 0 Å². The lowest BCUT2D eigenvalue weighted by atomic mass is 9.90. The van der Waals surface area contributed by atoms with E-state index in [1.807, 2.05) is 0 Å². The highest BCUT2D eigenvalue weighted by atomic mass is 15.1. The van der Waals surface area contributed by atoms with E-state index >= 15 is 0 Å². The highest BCUT2D eigenvalue weighted by Gasteiger charge is 2.30. The maximum Gasteiger partial charge on any atom is 0.0464 e. The van der Waals surface area contributed by atoms with Gasteiger partial charge in [0.15, 0.2) is 0 Å². The van der Waals surface area contributed by atoms with Crippen LogP contribution in [0.5, 0.6) is 0 Å². The average Bonchev–Trinajstić information content (AvgIpc) is 3.33. The Bertz CT molecular complexity index is 1390. The van der Waals surface area contributed by atoms with E-state index in [0.717, 1.165) is 37.1 Å². The van der Waals surface area contributed by atoms with Gasteiger partial charge in [-0.3, -0.25) is 0 Å². The van der Waals surface area contributed by atoms with Crippen LogP contribution in [0.15, 0.2) is 84.9 Å². The minimum atomic E-state index is 0.341. The minimum absolute atomic E-state index is 0.341. The molecule has 4 aromatic carbocycles. The third-order valence-corrected chi connectivity index (χ3v) is 8.12. The van der Waals surface area contributed by atoms with E-state index in [0.29, 0.717) is 10.8 Å². The van der Waals surface area contributed by atoms with Gasteiger partial charge in [-0.15, -0.1) is 0 Å². The molecular weight excluding hydrogens is 448 g/mol. The van der Waals surface area contributed by atoms with Crippen LogP contribution in [0.2, 0.25) is 0 Å². The topological polar surface area (TPSA) is 15.3 Å². The fourth-order valence-electron chi connectivity index (χ4n) is 6.37. The van der Waals surface area contributed by atoms with E-state index < -0.39 is 0 Å². The van der Waals surface area contributed by atoms with E-state index in [1.54, 1.807) is 0 Å². The van der Waals surface area contributed by atoms with Crippen molar-refractivity contribution < 1.29 is 0 Å². The Morgan fingerprint density at radius 2 is 1.05 bits per heavy atom. The summed E-state index contributed by atoms with van der Waals surface area (Å²) in [5.74, 6) is 0. The summed E-state index contributed by atoms with van der Waals surface area (Å²) in [4.78, 5) is 2.44. The Kier molecular flexibility index (Phi) is 5.67. The van der Waals surface area contributed by atoms with Crippen LogP contribution < -0.4 is 10.2 Å². The lowest BCUT2D eigenvalue weighted by molar-refractivity contribution is 0.392. The fraction of sp³-hybridized carbons (Fsp3) is 0.314. The zero-order chi connectivity index (χ0) is 25.8. The molecule has 6 rings (SSSR count). The zero-order valence-electron chi connectivity index (χ0n) is 22.9. The third kappa shape index (κ3) is 4.78. The molecule has 0 heterocycles. The highest BCUT2D eigenvalue weighted by Crippen LogP contribution is 2.44. The van der Waals surface area contributed by atoms with Crippen LogP contribution in [-0.2, 0) is 25.7 Å². The smallest absolute Gasteiger partial charge is 0.0464 e. The standard InChI is InChI=1S/C35H38N2/c1-24-8-6-7-9-33(24)36-29-12-16-30(17-13-29)37(31-14-10-25-20-34(2,3)22-27(25)18-31)32-15-11-26-21-35(4,5)23-28(26)19-32/h6-19,36H,20-23H2,1-5H3. The van der Waals surface area contributed by atoms with E-state index in [2.05, 4.69) is 130 Å². The molecule has 188 valence electrons. The first-order chi connectivity index (χ1) is 17.7. The monoisotopic (exact) mass is 486 g/mol. The quantitative estimate of drug-likeness (QED) is 0.302. The van der Waals surface area contributed by atoms with Crippen LogP contribution >= 0.6 is 0 Å². The molecule has 0 fully saturated rings. The van der Waals surface area contributed by atoms with Crippen LogP contribution in [-0.4, -0.2) is 0 Å². The largest absolute Gasteiger partial charge is 0.355 e. The van der Waals surface area contributed by atoms with Gasteiger partial charge in [0.05, 0.1) is 0 Å². The van der Waals surface area contributed by atoms with Crippen LogP contribution in [0.1, 0.15) is 55.5 Å². The van der Waals surface area contributed by atoms with Gasteiger partial charge in [-0.2, -0.15) is 0 Å². The summed E-state index contributed by atoms with van der Waals surface area (Å²) in [7, 11) is 0. The fourth-order valence-corrected chi connectivity index (χ4v) is 6.37. The van der Waals surface area contributed by atoms with Crippen molar-refractivity contribution in [2.75, 3.05) is 10.2 Å². The van der Waals surface area contributed by atoms with Crippen LogP contribution in [0, 0.1) is 17.8 Å². The number of nitrogens with one attached hydrogen (secondary N) is 1. The van der Waals surface area contributed by atoms with Crippen LogP contribution in [0.25, 0.3) is 0 Å². The molecule has 0 unspecified atom stereocenters. The van der Waals surface area contributed by atoms with Crippen molar-refractivity contribution >= 4 is 28.4 Å². The predicted molar refractivity (Wildman–Crippen MR) is 158 cm³/mol. The second kappa shape index (κ2) is 8.80. The maximum absolute atomic E-state index is 3.59. The number of aryl methyl sites for hydroxylation is 1. The summed E-state index contributed by atoms with van der Waals surface area (Å²) in [6.07, 6.45) is 4.61. The molecule has 0 saturated carbocycles. The minimum Gasteiger partial charge on any atom is -0.355 e. The van der Waals surface area contributed by atoms with Gasteiger partial charge in [-0.05, 0) is 126 Å². The molecule has 0 saturated heterocycles. The second-order valence-electron chi connectivity index (χ2n) is 12.8. The molecular formula is C35H38N2. The number of fused-ring (bicyclic) bond motifs is 2. The van der Waals surface area contributed by atoms with Gasteiger partial charge < -0.3 is 10.2 Å².